The molecule has 1 aliphatic heterocycles. The highest BCUT2D eigenvalue weighted by molar-refractivity contribution is 5.94. The lowest BCUT2D eigenvalue weighted by molar-refractivity contribution is 0.0930. The van der Waals surface area contributed by atoms with Gasteiger partial charge in [0.15, 0.2) is 0 Å². The molecule has 2 aliphatic rings. The summed E-state index contributed by atoms with van der Waals surface area (Å²) < 4.78 is 2.17. The zero-order valence-corrected chi connectivity index (χ0v) is 13.3. The number of hydrogen-bond donors (Lipinski definition) is 2. The van der Waals surface area contributed by atoms with Crippen molar-refractivity contribution in [2.24, 2.45) is 0 Å². The number of aryl methyl sites for hydroxylation is 1. The van der Waals surface area contributed by atoms with Crippen molar-refractivity contribution in [3.63, 3.8) is 0 Å². The number of fused-ring (bicyclic) bond motifs is 2. The van der Waals surface area contributed by atoms with Crippen LogP contribution in [0.5, 0.6) is 5.75 Å². The van der Waals surface area contributed by atoms with E-state index in [-0.39, 0.29) is 11.9 Å². The molecule has 0 fully saturated rings. The molecule has 1 aromatic carbocycles. The highest BCUT2D eigenvalue weighted by Gasteiger charge is 2.29. The Hall–Kier alpha value is -2.30. The lowest BCUT2D eigenvalue weighted by Crippen LogP contribution is -2.28. The van der Waals surface area contributed by atoms with Crippen LogP contribution < -0.4 is 5.32 Å². The number of carbonyl (C=O) groups excluding carboxylic acids is 1. The number of amides is 1. The number of phenols is 1. The van der Waals surface area contributed by atoms with Gasteiger partial charge in [-0.15, -0.1) is 0 Å². The van der Waals surface area contributed by atoms with Gasteiger partial charge < -0.3 is 15.0 Å². The lowest BCUT2D eigenvalue weighted by atomic mass is 10.1. The van der Waals surface area contributed by atoms with Crippen LogP contribution in [0.4, 0.5) is 0 Å². The van der Waals surface area contributed by atoms with E-state index in [9.17, 15) is 9.90 Å². The molecule has 0 saturated heterocycles. The van der Waals surface area contributed by atoms with Gasteiger partial charge in [-0.2, -0.15) is 0 Å². The smallest absolute Gasteiger partial charge is 0.272 e. The van der Waals surface area contributed by atoms with Gasteiger partial charge >= 0.3 is 0 Å². The van der Waals surface area contributed by atoms with Crippen molar-refractivity contribution >= 4 is 5.91 Å². The number of phenolic OH excluding ortho intramolecular Hbond substituents is 1. The Morgan fingerprint density at radius 2 is 2.22 bits per heavy atom. The first-order chi connectivity index (χ1) is 11.1. The van der Waals surface area contributed by atoms with E-state index in [4.69, 9.17) is 0 Å². The minimum absolute atomic E-state index is 0.0363. The number of hydrogen-bond acceptors (Lipinski definition) is 3. The summed E-state index contributed by atoms with van der Waals surface area (Å²) in [5, 5.41) is 13.0. The Morgan fingerprint density at radius 1 is 1.35 bits per heavy atom. The number of nitrogens with zero attached hydrogens (tertiary/aromatic N) is 2. The molecule has 0 bridgehead atoms. The Bertz CT molecular complexity index is 779. The standard InChI is InChI=1S/C18H21N3O2/c1-11-19-17(15-6-2-3-10-21(11)15)18(23)20-14-9-8-13-12(14)5-4-7-16(13)22/h4-5,7,14,22H,2-3,6,8-10H2,1H3,(H,20,23). The molecule has 0 spiro atoms. The molecule has 5 nitrogen and oxygen atoms in total. The van der Waals surface area contributed by atoms with E-state index in [0.29, 0.717) is 11.4 Å². The third kappa shape index (κ3) is 2.31. The maximum Gasteiger partial charge on any atom is 0.272 e. The van der Waals surface area contributed by atoms with Gasteiger partial charge in [0.05, 0.1) is 11.7 Å². The molecule has 0 radical (unpaired) electrons. The molecule has 2 aromatic rings. The average molecular weight is 311 g/mol. The molecule has 4 rings (SSSR count). The summed E-state index contributed by atoms with van der Waals surface area (Å²) in [6, 6.07) is 5.49. The van der Waals surface area contributed by atoms with Crippen LogP contribution in [0.2, 0.25) is 0 Å². The van der Waals surface area contributed by atoms with Crippen LogP contribution in [0, 0.1) is 6.92 Å². The van der Waals surface area contributed by atoms with E-state index >= 15 is 0 Å². The Balaban J connectivity index is 1.60. The molecule has 1 aromatic heterocycles. The minimum atomic E-state index is -0.0926. The van der Waals surface area contributed by atoms with E-state index in [2.05, 4.69) is 14.9 Å². The van der Waals surface area contributed by atoms with E-state index in [1.54, 1.807) is 6.07 Å². The maximum absolute atomic E-state index is 12.7. The average Bonchev–Trinajstić information content (AvgIpc) is 3.11. The number of aromatic nitrogens is 2. The number of carbonyl (C=O) groups is 1. The molecular weight excluding hydrogens is 290 g/mol. The first kappa shape index (κ1) is 14.3. The molecule has 1 unspecified atom stereocenters. The fourth-order valence-corrected chi connectivity index (χ4v) is 3.92. The monoisotopic (exact) mass is 311 g/mol. The number of nitrogens with one attached hydrogen (secondary N) is 1. The second-order valence-corrected chi connectivity index (χ2v) is 6.47. The summed E-state index contributed by atoms with van der Waals surface area (Å²) in [5.74, 6) is 1.16. The van der Waals surface area contributed by atoms with Gasteiger partial charge in [-0.1, -0.05) is 12.1 Å². The van der Waals surface area contributed by atoms with Gasteiger partial charge in [0, 0.05) is 6.54 Å². The molecule has 5 heteroatoms. The van der Waals surface area contributed by atoms with Crippen molar-refractivity contribution in [2.45, 2.75) is 51.6 Å². The zero-order chi connectivity index (χ0) is 16.0. The number of rotatable bonds is 2. The third-order valence-corrected chi connectivity index (χ3v) is 5.08. The molecule has 1 aliphatic carbocycles. The number of imidazole rings is 1. The summed E-state index contributed by atoms with van der Waals surface area (Å²) in [7, 11) is 0. The van der Waals surface area contributed by atoms with Crippen LogP contribution >= 0.6 is 0 Å². The van der Waals surface area contributed by atoms with Crippen molar-refractivity contribution < 1.29 is 9.90 Å². The van der Waals surface area contributed by atoms with Gasteiger partial charge in [-0.05, 0) is 56.2 Å². The molecule has 23 heavy (non-hydrogen) atoms. The van der Waals surface area contributed by atoms with E-state index in [1.165, 1.54) is 0 Å². The highest BCUT2D eigenvalue weighted by atomic mass is 16.3. The van der Waals surface area contributed by atoms with Gasteiger partial charge in [0.2, 0.25) is 0 Å². The van der Waals surface area contributed by atoms with Crippen LogP contribution in [0.3, 0.4) is 0 Å². The third-order valence-electron chi connectivity index (χ3n) is 5.08. The van der Waals surface area contributed by atoms with E-state index < -0.39 is 0 Å². The van der Waals surface area contributed by atoms with Crippen LogP contribution in [0.25, 0.3) is 0 Å². The largest absolute Gasteiger partial charge is 0.508 e. The SMILES string of the molecule is Cc1nc(C(=O)NC2CCc3c(O)cccc32)c2n1CCCC2. The molecule has 1 atom stereocenters. The van der Waals surface area contributed by atoms with Crippen molar-refractivity contribution in [3.05, 3.63) is 46.5 Å². The summed E-state index contributed by atoms with van der Waals surface area (Å²) in [6.07, 6.45) is 4.82. The van der Waals surface area contributed by atoms with Crippen molar-refractivity contribution in [2.75, 3.05) is 0 Å². The van der Waals surface area contributed by atoms with Crippen LogP contribution in [0.1, 0.15) is 58.4 Å². The predicted octanol–water partition coefficient (Wildman–Crippen LogP) is 2.65. The molecular formula is C18H21N3O2. The lowest BCUT2D eigenvalue weighted by Gasteiger charge is -2.17. The van der Waals surface area contributed by atoms with Crippen LogP contribution in [-0.4, -0.2) is 20.6 Å². The molecule has 2 heterocycles. The normalized spacial score (nSPS) is 19.3. The van der Waals surface area contributed by atoms with Crippen LogP contribution in [0.15, 0.2) is 18.2 Å². The summed E-state index contributed by atoms with van der Waals surface area (Å²) >= 11 is 0. The topological polar surface area (TPSA) is 67.2 Å². The Labute approximate surface area is 135 Å². The fourth-order valence-electron chi connectivity index (χ4n) is 3.92. The van der Waals surface area contributed by atoms with Gasteiger partial charge in [-0.25, -0.2) is 4.98 Å². The summed E-state index contributed by atoms with van der Waals surface area (Å²) in [4.78, 5) is 17.2. The second kappa shape index (κ2) is 5.41. The van der Waals surface area contributed by atoms with Gasteiger partial charge in [0.1, 0.15) is 17.3 Å². The maximum atomic E-state index is 12.7. The van der Waals surface area contributed by atoms with E-state index in [0.717, 1.165) is 61.3 Å². The Morgan fingerprint density at radius 3 is 3.09 bits per heavy atom. The van der Waals surface area contributed by atoms with Crippen LogP contribution in [-0.2, 0) is 19.4 Å². The molecule has 0 saturated carbocycles. The van der Waals surface area contributed by atoms with Crippen molar-refractivity contribution in [1.29, 1.82) is 0 Å². The zero-order valence-electron chi connectivity index (χ0n) is 13.3. The highest BCUT2D eigenvalue weighted by Crippen LogP contribution is 2.36. The minimum Gasteiger partial charge on any atom is -0.508 e. The number of benzene rings is 1. The summed E-state index contributed by atoms with van der Waals surface area (Å²) in [5.41, 5.74) is 3.64. The first-order valence-corrected chi connectivity index (χ1v) is 8.33. The quantitative estimate of drug-likeness (QED) is 0.896. The second-order valence-electron chi connectivity index (χ2n) is 6.47. The van der Waals surface area contributed by atoms with Crippen molar-refractivity contribution in [3.8, 4) is 5.75 Å². The fraction of sp³-hybridized carbons (Fsp3) is 0.444. The van der Waals surface area contributed by atoms with Gasteiger partial charge in [0.25, 0.3) is 5.91 Å². The van der Waals surface area contributed by atoms with Gasteiger partial charge in [-0.3, -0.25) is 4.79 Å². The molecule has 1 amide bonds. The number of aromatic hydroxyl groups is 1. The van der Waals surface area contributed by atoms with Crippen molar-refractivity contribution in [1.82, 2.24) is 14.9 Å². The summed E-state index contributed by atoms with van der Waals surface area (Å²) in [6.45, 7) is 2.93. The Kier molecular flexibility index (Phi) is 3.36. The molecule has 2 N–H and O–H groups in total. The molecule has 120 valence electrons. The van der Waals surface area contributed by atoms with E-state index in [1.807, 2.05) is 19.1 Å². The first-order valence-electron chi connectivity index (χ1n) is 8.33. The predicted molar refractivity (Wildman–Crippen MR) is 86.5 cm³/mol.